The first kappa shape index (κ1) is 13.6. The van der Waals surface area contributed by atoms with Crippen molar-refractivity contribution in [1.29, 1.82) is 0 Å². The van der Waals surface area contributed by atoms with Crippen LogP contribution in [0.4, 0.5) is 0 Å². The molecule has 1 aromatic rings. The maximum Gasteiger partial charge on any atom is 0.166 e. The number of sulfone groups is 1. The van der Waals surface area contributed by atoms with Crippen LogP contribution >= 0.6 is 0 Å². The van der Waals surface area contributed by atoms with Crippen molar-refractivity contribution in [3.63, 3.8) is 0 Å². The second-order valence-corrected chi connectivity index (χ2v) is 8.19. The highest BCUT2D eigenvalue weighted by Crippen LogP contribution is 2.42. The van der Waals surface area contributed by atoms with Crippen LogP contribution in [0.1, 0.15) is 36.0 Å². The minimum absolute atomic E-state index is 0.0516. The van der Waals surface area contributed by atoms with Crippen molar-refractivity contribution in [3.05, 3.63) is 29.8 Å². The number of methoxy groups -OCH3 is 1. The lowest BCUT2D eigenvalue weighted by molar-refractivity contribution is 0.0905. The zero-order valence-electron chi connectivity index (χ0n) is 11.4. The molecule has 5 heteroatoms. The van der Waals surface area contributed by atoms with Gasteiger partial charge in [-0.05, 0) is 37.8 Å². The van der Waals surface area contributed by atoms with Crippen LogP contribution in [0.5, 0.6) is 5.75 Å². The summed E-state index contributed by atoms with van der Waals surface area (Å²) in [4.78, 5) is 12.5. The summed E-state index contributed by atoms with van der Waals surface area (Å²) in [6, 6.07) is 7.09. The summed E-state index contributed by atoms with van der Waals surface area (Å²) in [6.07, 6.45) is 2.40. The van der Waals surface area contributed by atoms with Crippen LogP contribution < -0.4 is 4.74 Å². The summed E-state index contributed by atoms with van der Waals surface area (Å²) in [6.45, 7) is 0. The monoisotopic (exact) mass is 294 g/mol. The average Bonchev–Trinajstić information content (AvgIpc) is 2.66. The number of carbonyl (C=O) groups is 1. The Morgan fingerprint density at radius 1 is 1.20 bits per heavy atom. The van der Waals surface area contributed by atoms with Crippen LogP contribution in [0.3, 0.4) is 0 Å². The van der Waals surface area contributed by atoms with Gasteiger partial charge in [0.25, 0.3) is 0 Å². The highest BCUT2D eigenvalue weighted by atomic mass is 32.2. The second-order valence-electron chi connectivity index (χ2n) is 5.67. The first-order valence-corrected chi connectivity index (χ1v) is 8.54. The molecule has 20 heavy (non-hydrogen) atoms. The summed E-state index contributed by atoms with van der Waals surface area (Å²) in [5, 5.41) is -0.610. The van der Waals surface area contributed by atoms with E-state index in [2.05, 4.69) is 0 Å². The molecule has 1 aromatic carbocycles. The van der Waals surface area contributed by atoms with E-state index in [0.717, 1.165) is 12.8 Å². The van der Waals surface area contributed by atoms with Crippen molar-refractivity contribution in [2.45, 2.75) is 36.2 Å². The molecule has 0 aromatic heterocycles. The normalized spacial score (nSPS) is 30.9. The van der Waals surface area contributed by atoms with E-state index in [9.17, 15) is 13.2 Å². The van der Waals surface area contributed by atoms with Gasteiger partial charge in [0.2, 0.25) is 0 Å². The molecule has 0 radical (unpaired) electrons. The molecule has 0 amide bonds. The molecular formula is C15H18O4S. The number of carbonyl (C=O) groups excluding carboxylic acids is 1. The van der Waals surface area contributed by atoms with E-state index in [1.807, 2.05) is 0 Å². The molecule has 108 valence electrons. The summed E-state index contributed by atoms with van der Waals surface area (Å²) >= 11 is 0. The standard InChI is InChI=1S/C15H18O4S/c1-19-12-4-2-3-10(7-12)15(16)11-8-13-5-6-14(9-11)20(13,17)18/h2-4,7,11,13-14H,5-6,8-9H2,1H3. The van der Waals surface area contributed by atoms with Gasteiger partial charge in [-0.25, -0.2) is 8.42 Å². The average molecular weight is 294 g/mol. The largest absolute Gasteiger partial charge is 0.497 e. The molecule has 2 bridgehead atoms. The maximum absolute atomic E-state index is 12.5. The van der Waals surface area contributed by atoms with E-state index in [1.165, 1.54) is 0 Å². The van der Waals surface area contributed by atoms with Crippen molar-refractivity contribution in [1.82, 2.24) is 0 Å². The number of fused-ring (bicyclic) bond motifs is 2. The number of ketones is 1. The number of benzene rings is 1. The Morgan fingerprint density at radius 3 is 2.45 bits per heavy atom. The van der Waals surface area contributed by atoms with Gasteiger partial charge in [-0.2, -0.15) is 0 Å². The van der Waals surface area contributed by atoms with Crippen molar-refractivity contribution in [2.24, 2.45) is 5.92 Å². The lowest BCUT2D eigenvalue weighted by Crippen LogP contribution is -2.36. The molecular weight excluding hydrogens is 276 g/mol. The fourth-order valence-corrected chi connectivity index (χ4v) is 5.91. The Balaban J connectivity index is 1.82. The molecule has 2 atom stereocenters. The molecule has 2 heterocycles. The van der Waals surface area contributed by atoms with Gasteiger partial charge in [-0.3, -0.25) is 4.79 Å². The van der Waals surface area contributed by atoms with Crippen molar-refractivity contribution < 1.29 is 17.9 Å². The Labute approximate surface area is 119 Å². The third kappa shape index (κ3) is 2.14. The van der Waals surface area contributed by atoms with Gasteiger partial charge in [0, 0.05) is 11.5 Å². The lowest BCUT2D eigenvalue weighted by atomic mass is 9.90. The first-order chi connectivity index (χ1) is 9.52. The van der Waals surface area contributed by atoms with Crippen LogP contribution in [0.25, 0.3) is 0 Å². The van der Waals surface area contributed by atoms with Crippen LogP contribution in [0, 0.1) is 5.92 Å². The second kappa shape index (κ2) is 4.88. The maximum atomic E-state index is 12.5. The third-order valence-electron chi connectivity index (χ3n) is 4.56. The Morgan fingerprint density at radius 2 is 1.85 bits per heavy atom. The fourth-order valence-electron chi connectivity index (χ4n) is 3.43. The Kier molecular flexibility index (Phi) is 3.32. The molecule has 2 aliphatic heterocycles. The van der Waals surface area contributed by atoms with Gasteiger partial charge >= 0.3 is 0 Å². The third-order valence-corrected chi connectivity index (χ3v) is 7.27. The van der Waals surface area contributed by atoms with Crippen LogP contribution in [0.15, 0.2) is 24.3 Å². The number of ether oxygens (including phenoxy) is 1. The van der Waals surface area contributed by atoms with E-state index in [1.54, 1.807) is 31.4 Å². The van der Waals surface area contributed by atoms with Crippen molar-refractivity contribution in [3.8, 4) is 5.75 Å². The van der Waals surface area contributed by atoms with Gasteiger partial charge in [0.1, 0.15) is 5.75 Å². The van der Waals surface area contributed by atoms with E-state index in [-0.39, 0.29) is 22.2 Å². The van der Waals surface area contributed by atoms with Crippen LogP contribution in [0.2, 0.25) is 0 Å². The molecule has 0 aliphatic carbocycles. The minimum Gasteiger partial charge on any atom is -0.497 e. The number of rotatable bonds is 3. The van der Waals surface area contributed by atoms with Crippen LogP contribution in [-0.4, -0.2) is 31.8 Å². The Bertz CT molecular complexity index is 615. The number of hydrogen-bond donors (Lipinski definition) is 0. The summed E-state index contributed by atoms with van der Waals surface area (Å²) < 4.78 is 29.2. The van der Waals surface area contributed by atoms with E-state index >= 15 is 0 Å². The van der Waals surface area contributed by atoms with Gasteiger partial charge in [-0.15, -0.1) is 0 Å². The molecule has 2 aliphatic rings. The first-order valence-electron chi connectivity index (χ1n) is 6.93. The van der Waals surface area contributed by atoms with Gasteiger partial charge in [0.05, 0.1) is 17.6 Å². The van der Waals surface area contributed by atoms with Crippen LogP contribution in [-0.2, 0) is 9.84 Å². The van der Waals surface area contributed by atoms with Gasteiger partial charge in [0.15, 0.2) is 15.6 Å². The quantitative estimate of drug-likeness (QED) is 0.802. The van der Waals surface area contributed by atoms with Gasteiger partial charge < -0.3 is 4.74 Å². The lowest BCUT2D eigenvalue weighted by Gasteiger charge is -2.27. The Hall–Kier alpha value is -1.36. The van der Waals surface area contributed by atoms with E-state index < -0.39 is 9.84 Å². The SMILES string of the molecule is COc1cccc(C(=O)C2CC3CCC(C2)S3(=O)=O)c1. The molecule has 3 rings (SSSR count). The molecule has 2 saturated heterocycles. The molecule has 2 unspecified atom stereocenters. The smallest absolute Gasteiger partial charge is 0.166 e. The molecule has 0 saturated carbocycles. The summed E-state index contributed by atoms with van der Waals surface area (Å²) in [5.41, 5.74) is 0.619. The summed E-state index contributed by atoms with van der Waals surface area (Å²) in [7, 11) is -1.40. The van der Waals surface area contributed by atoms with E-state index in [4.69, 9.17) is 4.74 Å². The molecule has 2 fully saturated rings. The minimum atomic E-state index is -2.97. The number of hydrogen-bond acceptors (Lipinski definition) is 4. The van der Waals surface area contributed by atoms with E-state index in [0.29, 0.717) is 24.2 Å². The fraction of sp³-hybridized carbons (Fsp3) is 0.533. The summed E-state index contributed by atoms with van der Waals surface area (Å²) in [5.74, 6) is 0.543. The zero-order chi connectivity index (χ0) is 14.3. The topological polar surface area (TPSA) is 60.4 Å². The molecule has 0 spiro atoms. The van der Waals surface area contributed by atoms with Gasteiger partial charge in [-0.1, -0.05) is 12.1 Å². The molecule has 4 nitrogen and oxygen atoms in total. The zero-order valence-corrected chi connectivity index (χ0v) is 12.2. The molecule has 0 N–H and O–H groups in total. The highest BCUT2D eigenvalue weighted by Gasteiger charge is 2.48. The highest BCUT2D eigenvalue weighted by molar-refractivity contribution is 7.93. The van der Waals surface area contributed by atoms with Crippen molar-refractivity contribution in [2.75, 3.05) is 7.11 Å². The van der Waals surface area contributed by atoms with Crippen molar-refractivity contribution >= 4 is 15.6 Å². The number of Topliss-reactive ketones (excluding diaryl/α,β-unsaturated/α-hetero) is 1. The predicted molar refractivity (Wildman–Crippen MR) is 75.8 cm³/mol. The predicted octanol–water partition coefficient (Wildman–Crippen LogP) is 2.23.